The van der Waals surface area contributed by atoms with Crippen molar-refractivity contribution in [1.29, 1.82) is 0 Å². The van der Waals surface area contributed by atoms with Crippen LogP contribution in [0.1, 0.15) is 41.9 Å². The van der Waals surface area contributed by atoms with Gasteiger partial charge in [-0.05, 0) is 71.0 Å². The second-order valence-corrected chi connectivity index (χ2v) is 8.82. The molecule has 3 aromatic rings. The Morgan fingerprint density at radius 1 is 1.09 bits per heavy atom. The number of anilines is 2. The fourth-order valence-corrected chi connectivity index (χ4v) is 4.16. The number of furan rings is 1. The molecule has 32 heavy (non-hydrogen) atoms. The zero-order chi connectivity index (χ0) is 22.8. The first-order chi connectivity index (χ1) is 15.3. The number of fused-ring (bicyclic) bond motifs is 1. The molecule has 2 N–H and O–H groups in total. The van der Waals surface area contributed by atoms with Crippen molar-refractivity contribution in [2.24, 2.45) is 5.92 Å². The molecule has 1 aliphatic carbocycles. The molecule has 0 unspecified atom stereocenters. The van der Waals surface area contributed by atoms with E-state index in [0.717, 1.165) is 31.4 Å². The van der Waals surface area contributed by atoms with Crippen LogP contribution >= 0.6 is 11.6 Å². The summed E-state index contributed by atoms with van der Waals surface area (Å²) < 4.78 is 5.80. The number of aromatic nitrogens is 2. The normalized spacial score (nSPS) is 18.7. The van der Waals surface area contributed by atoms with Gasteiger partial charge in [-0.3, -0.25) is 9.59 Å². The maximum atomic E-state index is 13.1. The first-order valence-electron chi connectivity index (χ1n) is 10.6. The third-order valence-electron chi connectivity index (χ3n) is 5.89. The summed E-state index contributed by atoms with van der Waals surface area (Å²) in [5.41, 5.74) is 1.92. The molecule has 0 spiro atoms. The Morgan fingerprint density at radius 3 is 2.50 bits per heavy atom. The maximum absolute atomic E-state index is 13.1. The van der Waals surface area contributed by atoms with Crippen molar-refractivity contribution in [3.8, 4) is 0 Å². The van der Waals surface area contributed by atoms with Gasteiger partial charge in [0.25, 0.3) is 5.91 Å². The van der Waals surface area contributed by atoms with Gasteiger partial charge in [0.15, 0.2) is 5.58 Å². The predicted molar refractivity (Wildman–Crippen MR) is 124 cm³/mol. The fraction of sp³-hybridized carbons (Fsp3) is 0.391. The molecule has 3 heterocycles. The lowest BCUT2D eigenvalue weighted by Gasteiger charge is -2.31. The van der Waals surface area contributed by atoms with Crippen LogP contribution in [-0.2, 0) is 4.79 Å². The van der Waals surface area contributed by atoms with Gasteiger partial charge in [0.2, 0.25) is 11.7 Å². The van der Waals surface area contributed by atoms with Crippen LogP contribution in [0.25, 0.3) is 11.1 Å². The van der Waals surface area contributed by atoms with Crippen LogP contribution in [0.5, 0.6) is 0 Å². The number of pyridine rings is 2. The molecule has 168 valence electrons. The molecule has 0 aromatic carbocycles. The molecule has 9 heteroatoms. The standard InChI is InChI=1S/C23H26ClN5O3/c1-13-4-10-17-19(26-13)20(28-22(30)14-5-8-16(9-6-14)29(2)3)21(32-17)23(31)27-18-11-7-15(24)12-25-18/h4,7,10-12,14,16H,5-6,8-9H2,1-3H3,(H,28,30)(H,25,27,31)/t14-,16-. The maximum Gasteiger partial charge on any atom is 0.294 e. The molecule has 0 saturated heterocycles. The number of rotatable bonds is 5. The van der Waals surface area contributed by atoms with Crippen molar-refractivity contribution in [3.05, 3.63) is 46.9 Å². The summed E-state index contributed by atoms with van der Waals surface area (Å²) in [5, 5.41) is 6.09. The quantitative estimate of drug-likeness (QED) is 0.587. The minimum Gasteiger partial charge on any atom is -0.447 e. The highest BCUT2D eigenvalue weighted by molar-refractivity contribution is 6.30. The van der Waals surface area contributed by atoms with Crippen molar-refractivity contribution >= 4 is 46.0 Å². The third-order valence-corrected chi connectivity index (χ3v) is 6.12. The fourth-order valence-electron chi connectivity index (χ4n) is 4.05. The molecule has 1 saturated carbocycles. The van der Waals surface area contributed by atoms with E-state index in [1.54, 1.807) is 24.3 Å². The lowest BCUT2D eigenvalue weighted by atomic mass is 9.85. The Labute approximate surface area is 191 Å². The van der Waals surface area contributed by atoms with Gasteiger partial charge in [0.05, 0.1) is 5.02 Å². The van der Waals surface area contributed by atoms with E-state index < -0.39 is 5.91 Å². The number of nitrogens with zero attached hydrogens (tertiary/aromatic N) is 3. The molecule has 3 aromatic heterocycles. The van der Waals surface area contributed by atoms with E-state index >= 15 is 0 Å². The molecular weight excluding hydrogens is 430 g/mol. The number of nitrogens with one attached hydrogen (secondary N) is 2. The number of hydrogen-bond donors (Lipinski definition) is 2. The second kappa shape index (κ2) is 9.26. The number of amides is 2. The molecule has 0 bridgehead atoms. The van der Waals surface area contributed by atoms with Crippen molar-refractivity contribution in [2.75, 3.05) is 24.7 Å². The highest BCUT2D eigenvalue weighted by atomic mass is 35.5. The molecule has 2 amide bonds. The number of carbonyl (C=O) groups is 2. The largest absolute Gasteiger partial charge is 0.447 e. The summed E-state index contributed by atoms with van der Waals surface area (Å²) in [6.45, 7) is 1.85. The topological polar surface area (TPSA) is 100 Å². The Balaban J connectivity index is 1.59. The molecule has 8 nitrogen and oxygen atoms in total. The molecule has 1 aliphatic rings. The van der Waals surface area contributed by atoms with Crippen LogP contribution in [0.3, 0.4) is 0 Å². The molecule has 0 atom stereocenters. The van der Waals surface area contributed by atoms with Crippen LogP contribution < -0.4 is 10.6 Å². The van der Waals surface area contributed by atoms with E-state index in [-0.39, 0.29) is 23.3 Å². The molecule has 0 aliphatic heterocycles. The lowest BCUT2D eigenvalue weighted by molar-refractivity contribution is -0.121. The van der Waals surface area contributed by atoms with E-state index in [1.165, 1.54) is 6.20 Å². The van der Waals surface area contributed by atoms with Gasteiger partial charge < -0.3 is 20.0 Å². The minimum atomic E-state index is -0.526. The summed E-state index contributed by atoms with van der Waals surface area (Å²) in [6.07, 6.45) is 4.96. The Bertz CT molecular complexity index is 1130. The van der Waals surface area contributed by atoms with Crippen LogP contribution in [0.15, 0.2) is 34.9 Å². The number of carbonyl (C=O) groups excluding carboxylic acids is 2. The highest BCUT2D eigenvalue weighted by Gasteiger charge is 2.30. The zero-order valence-electron chi connectivity index (χ0n) is 18.3. The first kappa shape index (κ1) is 22.2. The first-order valence-corrected chi connectivity index (χ1v) is 11.0. The second-order valence-electron chi connectivity index (χ2n) is 8.38. The van der Waals surface area contributed by atoms with E-state index in [4.69, 9.17) is 16.0 Å². The van der Waals surface area contributed by atoms with Crippen LogP contribution in [-0.4, -0.2) is 46.8 Å². The van der Waals surface area contributed by atoms with Crippen LogP contribution in [0.2, 0.25) is 5.02 Å². The van der Waals surface area contributed by atoms with Gasteiger partial charge in [-0.25, -0.2) is 9.97 Å². The molecule has 1 fully saturated rings. The van der Waals surface area contributed by atoms with Gasteiger partial charge in [-0.15, -0.1) is 0 Å². The SMILES string of the molecule is Cc1ccc2oc(C(=O)Nc3ccc(Cl)cn3)c(NC(=O)[C@H]3CC[C@H](N(C)C)CC3)c2n1. The van der Waals surface area contributed by atoms with Gasteiger partial charge in [0.1, 0.15) is 17.0 Å². The summed E-state index contributed by atoms with van der Waals surface area (Å²) in [7, 11) is 4.13. The van der Waals surface area contributed by atoms with E-state index in [2.05, 4.69) is 39.6 Å². The van der Waals surface area contributed by atoms with Gasteiger partial charge in [0, 0.05) is 23.9 Å². The van der Waals surface area contributed by atoms with Gasteiger partial charge in [-0.1, -0.05) is 11.6 Å². The van der Waals surface area contributed by atoms with E-state index in [1.807, 2.05) is 6.92 Å². The number of hydrogen-bond acceptors (Lipinski definition) is 6. The van der Waals surface area contributed by atoms with Crippen LogP contribution in [0.4, 0.5) is 11.5 Å². The summed E-state index contributed by atoms with van der Waals surface area (Å²) in [6, 6.07) is 7.24. The highest BCUT2D eigenvalue weighted by Crippen LogP contribution is 2.33. The molecular formula is C23H26ClN5O3. The Kier molecular flexibility index (Phi) is 6.43. The Morgan fingerprint density at radius 2 is 1.84 bits per heavy atom. The van der Waals surface area contributed by atoms with Crippen molar-refractivity contribution in [1.82, 2.24) is 14.9 Å². The van der Waals surface area contributed by atoms with E-state index in [0.29, 0.717) is 28.0 Å². The van der Waals surface area contributed by atoms with Crippen LogP contribution in [0, 0.1) is 12.8 Å². The zero-order valence-corrected chi connectivity index (χ0v) is 19.1. The third kappa shape index (κ3) is 4.76. The van der Waals surface area contributed by atoms with Crippen molar-refractivity contribution < 1.29 is 14.0 Å². The molecule has 4 rings (SSSR count). The average molecular weight is 456 g/mol. The Hall–Kier alpha value is -2.97. The smallest absolute Gasteiger partial charge is 0.294 e. The molecule has 0 radical (unpaired) electrons. The lowest BCUT2D eigenvalue weighted by Crippen LogP contribution is -2.35. The summed E-state index contributed by atoms with van der Waals surface area (Å²) in [4.78, 5) is 36.9. The number of halogens is 1. The average Bonchev–Trinajstić information content (AvgIpc) is 3.13. The predicted octanol–water partition coefficient (Wildman–Crippen LogP) is 4.50. The van der Waals surface area contributed by atoms with Crippen molar-refractivity contribution in [2.45, 2.75) is 38.6 Å². The van der Waals surface area contributed by atoms with Crippen molar-refractivity contribution in [3.63, 3.8) is 0 Å². The summed E-state index contributed by atoms with van der Waals surface area (Å²) in [5.74, 6) is -0.447. The monoisotopic (exact) mass is 455 g/mol. The summed E-state index contributed by atoms with van der Waals surface area (Å²) >= 11 is 5.86. The number of aryl methyl sites for hydroxylation is 1. The van der Waals surface area contributed by atoms with Gasteiger partial charge >= 0.3 is 0 Å². The minimum absolute atomic E-state index is 0.00909. The van der Waals surface area contributed by atoms with E-state index in [9.17, 15) is 9.59 Å². The van der Waals surface area contributed by atoms with Gasteiger partial charge in [-0.2, -0.15) is 0 Å².